The lowest BCUT2D eigenvalue weighted by Crippen LogP contribution is -2.46. The average Bonchev–Trinajstić information content (AvgIpc) is 3.48. The van der Waals surface area contributed by atoms with E-state index >= 15 is 0 Å². The third-order valence-electron chi connectivity index (χ3n) is 6.89. The SMILES string of the molecule is O=C(C=Cc1cccc([N+](=O)[O-])c1)N1CCc2c([nH]c3ccccc23)C1[C@H]1Cc2ccccc2O1. The molecule has 0 saturated carbocycles. The van der Waals surface area contributed by atoms with Crippen LogP contribution in [0.2, 0.25) is 0 Å². The van der Waals surface area contributed by atoms with Gasteiger partial charge in [0, 0.05) is 47.8 Å². The maximum Gasteiger partial charge on any atom is 0.270 e. The van der Waals surface area contributed by atoms with Gasteiger partial charge in [-0.25, -0.2) is 0 Å². The van der Waals surface area contributed by atoms with E-state index in [2.05, 4.69) is 23.2 Å². The molecule has 7 nitrogen and oxygen atoms in total. The Kier molecular flexibility index (Phi) is 5.10. The summed E-state index contributed by atoms with van der Waals surface area (Å²) in [5, 5.41) is 12.3. The number of ether oxygens (including phenoxy) is 1. The van der Waals surface area contributed by atoms with Crippen LogP contribution in [-0.2, 0) is 17.6 Å². The van der Waals surface area contributed by atoms with E-state index in [1.807, 2.05) is 35.2 Å². The number of H-pyrrole nitrogens is 1. The van der Waals surface area contributed by atoms with E-state index in [4.69, 9.17) is 4.74 Å². The second-order valence-corrected chi connectivity index (χ2v) is 8.94. The third-order valence-corrected chi connectivity index (χ3v) is 6.89. The average molecular weight is 466 g/mol. The highest BCUT2D eigenvalue weighted by Gasteiger charge is 2.41. The molecule has 0 fully saturated rings. The topological polar surface area (TPSA) is 88.5 Å². The number of nitro groups is 1. The van der Waals surface area contributed by atoms with Gasteiger partial charge in [0.1, 0.15) is 17.9 Å². The van der Waals surface area contributed by atoms with Crippen LogP contribution in [0.5, 0.6) is 5.75 Å². The number of para-hydroxylation sites is 2. The molecule has 0 spiro atoms. The van der Waals surface area contributed by atoms with Crippen LogP contribution in [0.1, 0.15) is 28.4 Å². The first-order valence-corrected chi connectivity index (χ1v) is 11.7. The Labute approximate surface area is 201 Å². The number of nitro benzene ring substituents is 1. The number of carbonyl (C=O) groups excluding carboxylic acids is 1. The minimum Gasteiger partial charge on any atom is -0.487 e. The Hall–Kier alpha value is -4.39. The molecule has 3 heterocycles. The van der Waals surface area contributed by atoms with Crippen LogP contribution in [0, 0.1) is 10.1 Å². The van der Waals surface area contributed by atoms with Crippen molar-refractivity contribution in [1.29, 1.82) is 0 Å². The number of fused-ring (bicyclic) bond motifs is 4. The molecule has 1 unspecified atom stereocenters. The Balaban J connectivity index is 1.36. The minimum absolute atomic E-state index is 0.00437. The zero-order chi connectivity index (χ0) is 23.9. The molecule has 1 amide bonds. The number of carbonyl (C=O) groups is 1. The van der Waals surface area contributed by atoms with Gasteiger partial charge < -0.3 is 14.6 Å². The van der Waals surface area contributed by atoms with Gasteiger partial charge in [-0.2, -0.15) is 0 Å². The second-order valence-electron chi connectivity index (χ2n) is 8.94. The van der Waals surface area contributed by atoms with Gasteiger partial charge in [-0.15, -0.1) is 0 Å². The van der Waals surface area contributed by atoms with Crippen molar-refractivity contribution in [1.82, 2.24) is 9.88 Å². The molecule has 35 heavy (non-hydrogen) atoms. The van der Waals surface area contributed by atoms with Gasteiger partial charge in [0.05, 0.1) is 4.92 Å². The zero-order valence-electron chi connectivity index (χ0n) is 18.9. The fourth-order valence-corrected chi connectivity index (χ4v) is 5.29. The molecule has 1 aromatic heterocycles. The van der Waals surface area contributed by atoms with Crippen molar-refractivity contribution < 1.29 is 14.5 Å². The number of aromatic nitrogens is 1. The summed E-state index contributed by atoms with van der Waals surface area (Å²) in [6.45, 7) is 0.563. The van der Waals surface area contributed by atoms with Gasteiger partial charge in [-0.1, -0.05) is 48.5 Å². The van der Waals surface area contributed by atoms with E-state index in [1.165, 1.54) is 29.2 Å². The number of non-ortho nitro benzene ring substituents is 1. The number of hydrogen-bond acceptors (Lipinski definition) is 4. The summed E-state index contributed by atoms with van der Waals surface area (Å²) in [6, 6.07) is 22.2. The molecule has 0 saturated heterocycles. The maximum atomic E-state index is 13.5. The van der Waals surface area contributed by atoms with Gasteiger partial charge in [-0.3, -0.25) is 14.9 Å². The summed E-state index contributed by atoms with van der Waals surface area (Å²) in [7, 11) is 0. The van der Waals surface area contributed by atoms with E-state index in [9.17, 15) is 14.9 Å². The number of hydrogen-bond donors (Lipinski definition) is 1. The van der Waals surface area contributed by atoms with Crippen molar-refractivity contribution in [3.63, 3.8) is 0 Å². The number of aromatic amines is 1. The number of nitrogens with one attached hydrogen (secondary N) is 1. The summed E-state index contributed by atoms with van der Waals surface area (Å²) < 4.78 is 6.37. The van der Waals surface area contributed by atoms with Gasteiger partial charge in [-0.05, 0) is 41.3 Å². The standard InChI is InChI=1S/C28H23N3O4/c32-26(13-12-18-6-5-8-20(16-18)31(33)34)30-15-14-22-21-9-2-3-10-23(21)29-27(22)28(30)25-17-19-7-1-4-11-24(19)35-25/h1-13,16,25,28-29H,14-15,17H2/t25-,28?/m1/s1. The maximum absolute atomic E-state index is 13.5. The lowest BCUT2D eigenvalue weighted by Gasteiger charge is -2.38. The lowest BCUT2D eigenvalue weighted by atomic mass is 9.91. The van der Waals surface area contributed by atoms with Crippen LogP contribution in [0.3, 0.4) is 0 Å². The first-order valence-electron chi connectivity index (χ1n) is 11.7. The molecule has 0 bridgehead atoms. The molecule has 2 aliphatic rings. The Morgan fingerprint density at radius 1 is 1.09 bits per heavy atom. The van der Waals surface area contributed by atoms with Gasteiger partial charge in [0.15, 0.2) is 0 Å². The molecule has 2 atom stereocenters. The quantitative estimate of drug-likeness (QED) is 0.254. The largest absolute Gasteiger partial charge is 0.487 e. The molecule has 2 aliphatic heterocycles. The molecule has 174 valence electrons. The van der Waals surface area contributed by atoms with E-state index in [0.29, 0.717) is 18.5 Å². The van der Waals surface area contributed by atoms with Crippen LogP contribution < -0.4 is 4.74 Å². The number of rotatable bonds is 4. The summed E-state index contributed by atoms with van der Waals surface area (Å²) in [4.78, 5) is 29.6. The van der Waals surface area contributed by atoms with Gasteiger partial charge in [0.25, 0.3) is 5.69 Å². The molecule has 4 aromatic rings. The molecule has 1 N–H and O–H groups in total. The molecule has 7 heteroatoms. The molecular weight excluding hydrogens is 442 g/mol. The number of amides is 1. The highest BCUT2D eigenvalue weighted by atomic mass is 16.6. The Morgan fingerprint density at radius 2 is 1.91 bits per heavy atom. The van der Waals surface area contributed by atoms with E-state index < -0.39 is 4.92 Å². The van der Waals surface area contributed by atoms with Crippen molar-refractivity contribution in [2.45, 2.75) is 25.0 Å². The number of benzene rings is 3. The molecule has 0 aliphatic carbocycles. The Morgan fingerprint density at radius 3 is 2.77 bits per heavy atom. The molecular formula is C28H23N3O4. The van der Waals surface area contributed by atoms with E-state index in [-0.39, 0.29) is 23.7 Å². The van der Waals surface area contributed by atoms with Crippen LogP contribution in [0.15, 0.2) is 78.9 Å². The summed E-state index contributed by atoms with van der Waals surface area (Å²) in [5.74, 6) is 0.714. The Bertz CT molecular complexity index is 1460. The minimum atomic E-state index is -0.438. The first kappa shape index (κ1) is 21.2. The van der Waals surface area contributed by atoms with Gasteiger partial charge in [0.2, 0.25) is 5.91 Å². The third kappa shape index (κ3) is 3.75. The van der Waals surface area contributed by atoms with Crippen molar-refractivity contribution in [3.8, 4) is 5.75 Å². The highest BCUT2D eigenvalue weighted by molar-refractivity contribution is 5.93. The summed E-state index contributed by atoms with van der Waals surface area (Å²) >= 11 is 0. The first-order chi connectivity index (χ1) is 17.1. The van der Waals surface area contributed by atoms with Crippen molar-refractivity contribution in [2.75, 3.05) is 6.54 Å². The fourth-order valence-electron chi connectivity index (χ4n) is 5.29. The normalized spacial score (nSPS) is 18.9. The molecule has 0 radical (unpaired) electrons. The highest BCUT2D eigenvalue weighted by Crippen LogP contribution is 2.42. The van der Waals surface area contributed by atoms with Crippen LogP contribution in [0.25, 0.3) is 17.0 Å². The monoisotopic (exact) mass is 465 g/mol. The van der Waals surface area contributed by atoms with Crippen molar-refractivity contribution in [2.24, 2.45) is 0 Å². The lowest BCUT2D eigenvalue weighted by molar-refractivity contribution is -0.384. The van der Waals surface area contributed by atoms with Crippen molar-refractivity contribution in [3.05, 3.63) is 111 Å². The van der Waals surface area contributed by atoms with E-state index in [1.54, 1.807) is 18.2 Å². The predicted molar refractivity (Wildman–Crippen MR) is 133 cm³/mol. The van der Waals surface area contributed by atoms with Crippen LogP contribution >= 0.6 is 0 Å². The van der Waals surface area contributed by atoms with Crippen molar-refractivity contribution >= 4 is 28.6 Å². The van der Waals surface area contributed by atoms with Gasteiger partial charge >= 0.3 is 0 Å². The second kappa shape index (κ2) is 8.43. The van der Waals surface area contributed by atoms with Crippen LogP contribution in [-0.4, -0.2) is 33.4 Å². The molecule has 3 aromatic carbocycles. The van der Waals surface area contributed by atoms with E-state index in [0.717, 1.165) is 28.9 Å². The fraction of sp³-hybridized carbons (Fsp3) is 0.179. The summed E-state index contributed by atoms with van der Waals surface area (Å²) in [6.07, 6.45) is 4.38. The summed E-state index contributed by atoms with van der Waals surface area (Å²) in [5.41, 5.74) is 5.05. The van der Waals surface area contributed by atoms with Crippen LogP contribution in [0.4, 0.5) is 5.69 Å². The predicted octanol–water partition coefficient (Wildman–Crippen LogP) is 5.22. The molecule has 6 rings (SSSR count). The number of nitrogens with zero attached hydrogens (tertiary/aromatic N) is 2. The zero-order valence-corrected chi connectivity index (χ0v) is 18.9. The smallest absolute Gasteiger partial charge is 0.270 e.